The SMILES string of the molecule is O=C(Nc1c2c(cc3c1CCC3)CCC2)NS(=O)(=O)C1CN(C2CCOCC2)C1. The number of hydrogen-bond donors (Lipinski definition) is 2. The zero-order chi connectivity index (χ0) is 20.0. The Kier molecular flexibility index (Phi) is 5.04. The van der Waals surface area contributed by atoms with Crippen LogP contribution in [0.3, 0.4) is 0 Å². The van der Waals surface area contributed by atoms with E-state index >= 15 is 0 Å². The van der Waals surface area contributed by atoms with Crippen molar-refractivity contribution in [2.24, 2.45) is 0 Å². The van der Waals surface area contributed by atoms with E-state index in [1.54, 1.807) is 0 Å². The van der Waals surface area contributed by atoms with Gasteiger partial charge in [-0.25, -0.2) is 17.9 Å². The first kappa shape index (κ1) is 19.3. The van der Waals surface area contributed by atoms with Gasteiger partial charge in [0.05, 0.1) is 0 Å². The van der Waals surface area contributed by atoms with E-state index in [0.29, 0.717) is 19.1 Å². The van der Waals surface area contributed by atoms with E-state index in [0.717, 1.165) is 70.3 Å². The Morgan fingerprint density at radius 2 is 1.62 bits per heavy atom. The van der Waals surface area contributed by atoms with Gasteiger partial charge >= 0.3 is 6.03 Å². The number of anilines is 1. The lowest BCUT2D eigenvalue weighted by atomic mass is 9.99. The molecule has 0 spiro atoms. The van der Waals surface area contributed by atoms with Crippen molar-refractivity contribution in [3.63, 3.8) is 0 Å². The fourth-order valence-corrected chi connectivity index (χ4v) is 6.58. The van der Waals surface area contributed by atoms with Crippen molar-refractivity contribution in [3.05, 3.63) is 28.3 Å². The minimum atomic E-state index is -3.68. The van der Waals surface area contributed by atoms with E-state index in [1.807, 2.05) is 0 Å². The van der Waals surface area contributed by atoms with Crippen LogP contribution in [0.4, 0.5) is 10.5 Å². The maximum Gasteiger partial charge on any atom is 0.332 e. The minimum Gasteiger partial charge on any atom is -0.381 e. The average Bonchev–Trinajstić information content (AvgIpc) is 3.29. The van der Waals surface area contributed by atoms with Gasteiger partial charge in [0.1, 0.15) is 5.25 Å². The summed E-state index contributed by atoms with van der Waals surface area (Å²) < 4.78 is 33.0. The molecule has 2 aliphatic carbocycles. The molecule has 0 unspecified atom stereocenters. The third-order valence-corrected chi connectivity index (χ3v) is 8.61. The van der Waals surface area contributed by atoms with Crippen LogP contribution in [0.15, 0.2) is 6.07 Å². The van der Waals surface area contributed by atoms with Crippen molar-refractivity contribution in [1.82, 2.24) is 9.62 Å². The number of benzene rings is 1. The van der Waals surface area contributed by atoms with Crippen LogP contribution in [-0.4, -0.2) is 56.9 Å². The molecular formula is C21H29N3O4S. The lowest BCUT2D eigenvalue weighted by Crippen LogP contribution is -2.62. The summed E-state index contributed by atoms with van der Waals surface area (Å²) in [7, 11) is -3.68. The van der Waals surface area contributed by atoms with E-state index in [1.165, 1.54) is 22.3 Å². The summed E-state index contributed by atoms with van der Waals surface area (Å²) in [5.41, 5.74) is 5.91. The Bertz CT molecular complexity index is 886. The summed E-state index contributed by atoms with van der Waals surface area (Å²) in [5, 5.41) is 2.39. The van der Waals surface area contributed by atoms with Crippen LogP contribution in [0.2, 0.25) is 0 Å². The maximum atomic E-state index is 12.7. The zero-order valence-electron chi connectivity index (χ0n) is 16.7. The summed E-state index contributed by atoms with van der Waals surface area (Å²) >= 11 is 0. The second kappa shape index (κ2) is 7.56. The van der Waals surface area contributed by atoms with Gasteiger partial charge in [-0.05, 0) is 73.6 Å². The smallest absolute Gasteiger partial charge is 0.332 e. The minimum absolute atomic E-state index is 0.401. The number of urea groups is 1. The van der Waals surface area contributed by atoms with Crippen molar-refractivity contribution in [2.75, 3.05) is 31.6 Å². The van der Waals surface area contributed by atoms with Crippen LogP contribution in [0, 0.1) is 0 Å². The molecule has 2 N–H and O–H groups in total. The Morgan fingerprint density at radius 1 is 1.00 bits per heavy atom. The fraction of sp³-hybridized carbons (Fsp3) is 0.667. The van der Waals surface area contributed by atoms with Crippen LogP contribution in [0.1, 0.15) is 47.9 Å². The standard InChI is InChI=1S/C21H29N3O4S/c25-21(22-20-18-5-1-3-14(18)11-15-4-2-6-19(15)20)23-29(26,27)17-12-24(13-17)16-7-9-28-10-8-16/h11,16-17H,1-10,12-13H2,(H2,22,23,25). The molecule has 8 heteroatoms. The Balaban J connectivity index is 1.24. The molecule has 1 aromatic carbocycles. The van der Waals surface area contributed by atoms with Crippen molar-refractivity contribution in [3.8, 4) is 0 Å². The molecule has 2 heterocycles. The molecule has 158 valence electrons. The zero-order valence-corrected chi connectivity index (χ0v) is 17.5. The molecule has 2 aliphatic heterocycles. The predicted molar refractivity (Wildman–Crippen MR) is 111 cm³/mol. The molecule has 5 rings (SSSR count). The maximum absolute atomic E-state index is 12.7. The van der Waals surface area contributed by atoms with Gasteiger partial charge in [0.2, 0.25) is 10.0 Å². The van der Waals surface area contributed by atoms with Crippen molar-refractivity contribution < 1.29 is 17.9 Å². The van der Waals surface area contributed by atoms with Gasteiger partial charge in [0.25, 0.3) is 0 Å². The lowest BCUT2D eigenvalue weighted by molar-refractivity contribution is 0.0123. The largest absolute Gasteiger partial charge is 0.381 e. The highest BCUT2D eigenvalue weighted by atomic mass is 32.2. The monoisotopic (exact) mass is 419 g/mol. The number of amides is 2. The van der Waals surface area contributed by atoms with Crippen molar-refractivity contribution >= 4 is 21.7 Å². The second-order valence-electron chi connectivity index (χ2n) is 8.75. The van der Waals surface area contributed by atoms with Crippen LogP contribution < -0.4 is 10.0 Å². The van der Waals surface area contributed by atoms with Crippen molar-refractivity contribution in [2.45, 2.75) is 62.7 Å². The number of hydrogen-bond acceptors (Lipinski definition) is 5. The van der Waals surface area contributed by atoms with E-state index < -0.39 is 21.3 Å². The summed E-state index contributed by atoms with van der Waals surface area (Å²) in [6, 6.07) is 2.08. The van der Waals surface area contributed by atoms with Gasteiger partial charge in [-0.3, -0.25) is 4.90 Å². The second-order valence-corrected chi connectivity index (χ2v) is 10.7. The highest BCUT2D eigenvalue weighted by molar-refractivity contribution is 7.90. The molecule has 7 nitrogen and oxygen atoms in total. The molecule has 29 heavy (non-hydrogen) atoms. The number of carbonyl (C=O) groups excluding carboxylic acids is 1. The number of nitrogens with one attached hydrogen (secondary N) is 2. The van der Waals surface area contributed by atoms with Crippen LogP contribution in [0.5, 0.6) is 0 Å². The highest BCUT2D eigenvalue weighted by Crippen LogP contribution is 2.38. The topological polar surface area (TPSA) is 87.7 Å². The van der Waals surface area contributed by atoms with Gasteiger partial charge in [0, 0.05) is 38.0 Å². The number of sulfonamides is 1. The third kappa shape index (κ3) is 3.66. The summed E-state index contributed by atoms with van der Waals surface area (Å²) in [6.07, 6.45) is 8.08. The number of rotatable bonds is 4. The first-order valence-corrected chi connectivity index (χ1v) is 12.4. The van der Waals surface area contributed by atoms with Gasteiger partial charge in [-0.1, -0.05) is 6.07 Å². The average molecular weight is 420 g/mol. The van der Waals surface area contributed by atoms with Gasteiger partial charge in [-0.15, -0.1) is 0 Å². The van der Waals surface area contributed by atoms with Crippen molar-refractivity contribution in [1.29, 1.82) is 0 Å². The summed E-state index contributed by atoms with van der Waals surface area (Å²) in [4.78, 5) is 14.8. The Morgan fingerprint density at radius 3 is 2.24 bits per heavy atom. The molecule has 0 aromatic heterocycles. The molecule has 2 fully saturated rings. The Hall–Kier alpha value is -1.64. The van der Waals surface area contributed by atoms with Crippen LogP contribution in [-0.2, 0) is 40.4 Å². The number of carbonyl (C=O) groups is 1. The van der Waals surface area contributed by atoms with Crippen LogP contribution >= 0.6 is 0 Å². The fourth-order valence-electron chi connectivity index (χ4n) is 5.33. The highest BCUT2D eigenvalue weighted by Gasteiger charge is 2.41. The van der Waals surface area contributed by atoms with E-state index in [-0.39, 0.29) is 0 Å². The molecule has 1 aromatic rings. The quantitative estimate of drug-likeness (QED) is 0.779. The van der Waals surface area contributed by atoms with E-state index in [2.05, 4.69) is 21.0 Å². The molecule has 0 atom stereocenters. The number of aryl methyl sites for hydroxylation is 2. The van der Waals surface area contributed by atoms with E-state index in [9.17, 15) is 13.2 Å². The van der Waals surface area contributed by atoms with Gasteiger partial charge in [-0.2, -0.15) is 0 Å². The molecular weight excluding hydrogens is 390 g/mol. The predicted octanol–water partition coefficient (Wildman–Crippen LogP) is 1.98. The molecule has 0 radical (unpaired) electrons. The van der Waals surface area contributed by atoms with Gasteiger partial charge in [0.15, 0.2) is 0 Å². The molecule has 2 amide bonds. The number of nitrogens with zero attached hydrogens (tertiary/aromatic N) is 1. The number of fused-ring (bicyclic) bond motifs is 2. The molecule has 0 bridgehead atoms. The number of ether oxygens (including phenoxy) is 1. The normalized spacial score (nSPS) is 22.8. The molecule has 4 aliphatic rings. The first-order valence-electron chi connectivity index (χ1n) is 10.8. The molecule has 2 saturated heterocycles. The van der Waals surface area contributed by atoms with E-state index in [4.69, 9.17) is 4.74 Å². The molecule has 0 saturated carbocycles. The summed E-state index contributed by atoms with van der Waals surface area (Å²) in [5.74, 6) is 0. The first-order chi connectivity index (χ1) is 14.0. The third-order valence-electron chi connectivity index (χ3n) is 6.97. The summed E-state index contributed by atoms with van der Waals surface area (Å²) in [6.45, 7) is 2.46. The Labute approximate surface area is 172 Å². The van der Waals surface area contributed by atoms with Gasteiger partial charge < -0.3 is 10.1 Å². The van der Waals surface area contributed by atoms with Crippen LogP contribution in [0.25, 0.3) is 0 Å². The number of likely N-dealkylation sites (tertiary alicyclic amines) is 1. The lowest BCUT2D eigenvalue weighted by Gasteiger charge is -2.44.